The number of aryl methyl sites for hydroxylation is 2. The molecule has 1 saturated heterocycles. The molecule has 1 aromatic heterocycles. The van der Waals surface area contributed by atoms with Crippen LogP contribution in [0.2, 0.25) is 0 Å². The van der Waals surface area contributed by atoms with Crippen molar-refractivity contribution in [1.82, 2.24) is 9.97 Å². The summed E-state index contributed by atoms with van der Waals surface area (Å²) in [6.45, 7) is 5.77. The van der Waals surface area contributed by atoms with Gasteiger partial charge >= 0.3 is 0 Å². The van der Waals surface area contributed by atoms with Crippen molar-refractivity contribution < 1.29 is 9.53 Å². The molecule has 6 heteroatoms. The van der Waals surface area contributed by atoms with Gasteiger partial charge in [0.1, 0.15) is 5.75 Å². The second kappa shape index (κ2) is 7.51. The highest BCUT2D eigenvalue weighted by molar-refractivity contribution is 6.05. The molecular formula is C19H24N4O2. The fourth-order valence-corrected chi connectivity index (χ4v) is 3.03. The lowest BCUT2D eigenvalue weighted by molar-refractivity contribution is 0.102. The minimum atomic E-state index is -0.230. The number of carbonyl (C=O) groups excluding carboxylic acids is 1. The molecule has 1 aromatic carbocycles. The lowest BCUT2D eigenvalue weighted by Gasteiger charge is -2.26. The number of nitrogens with one attached hydrogen (secondary N) is 1. The van der Waals surface area contributed by atoms with Gasteiger partial charge < -0.3 is 15.0 Å². The molecule has 1 aliphatic heterocycles. The van der Waals surface area contributed by atoms with Crippen LogP contribution in [0.5, 0.6) is 5.75 Å². The number of anilines is 2. The molecule has 2 aromatic rings. The van der Waals surface area contributed by atoms with E-state index in [-0.39, 0.29) is 5.91 Å². The standard InChI is InChI=1S/C19H24N4O2/c1-13-7-8-17(25-3)16(11-13)22-18(24)15-12-20-19(21-14(15)2)23-9-5-4-6-10-23/h7-8,11-12H,4-6,9-10H2,1-3H3,(H,22,24). The van der Waals surface area contributed by atoms with Crippen LogP contribution in [0.3, 0.4) is 0 Å². The van der Waals surface area contributed by atoms with Crippen LogP contribution in [-0.4, -0.2) is 36.1 Å². The predicted octanol–water partition coefficient (Wildman–Crippen LogP) is 3.34. The Labute approximate surface area is 148 Å². The van der Waals surface area contributed by atoms with Gasteiger partial charge in [-0.15, -0.1) is 0 Å². The number of hydrogen-bond acceptors (Lipinski definition) is 5. The van der Waals surface area contributed by atoms with Crippen molar-refractivity contribution >= 4 is 17.5 Å². The highest BCUT2D eigenvalue weighted by Crippen LogP contribution is 2.26. The van der Waals surface area contributed by atoms with E-state index in [1.807, 2.05) is 32.0 Å². The second-order valence-corrected chi connectivity index (χ2v) is 6.37. The first-order valence-electron chi connectivity index (χ1n) is 8.63. The number of carbonyl (C=O) groups is 1. The van der Waals surface area contributed by atoms with Gasteiger partial charge in [0.15, 0.2) is 0 Å². The Hall–Kier alpha value is -2.63. The van der Waals surface area contributed by atoms with Crippen LogP contribution in [0.15, 0.2) is 24.4 Å². The summed E-state index contributed by atoms with van der Waals surface area (Å²) in [5, 5.41) is 2.90. The molecule has 25 heavy (non-hydrogen) atoms. The predicted molar refractivity (Wildman–Crippen MR) is 98.5 cm³/mol. The number of benzene rings is 1. The maximum atomic E-state index is 12.6. The van der Waals surface area contributed by atoms with Crippen LogP contribution < -0.4 is 15.0 Å². The summed E-state index contributed by atoms with van der Waals surface area (Å²) in [7, 11) is 1.59. The zero-order valence-electron chi connectivity index (χ0n) is 15.0. The molecule has 1 N–H and O–H groups in total. The Morgan fingerprint density at radius 3 is 2.64 bits per heavy atom. The molecule has 0 spiro atoms. The van der Waals surface area contributed by atoms with Gasteiger partial charge in [-0.25, -0.2) is 9.97 Å². The molecule has 132 valence electrons. The summed E-state index contributed by atoms with van der Waals surface area (Å²) < 4.78 is 5.31. The molecule has 3 rings (SSSR count). The van der Waals surface area contributed by atoms with E-state index < -0.39 is 0 Å². The molecule has 0 aliphatic carbocycles. The lowest BCUT2D eigenvalue weighted by Crippen LogP contribution is -2.31. The maximum Gasteiger partial charge on any atom is 0.259 e. The van der Waals surface area contributed by atoms with Crippen LogP contribution in [0.25, 0.3) is 0 Å². The summed E-state index contributed by atoms with van der Waals surface area (Å²) >= 11 is 0. The van der Waals surface area contributed by atoms with E-state index in [0.29, 0.717) is 28.6 Å². The van der Waals surface area contributed by atoms with Crippen molar-refractivity contribution in [1.29, 1.82) is 0 Å². The molecule has 0 bridgehead atoms. The number of rotatable bonds is 4. The third kappa shape index (κ3) is 3.90. The first kappa shape index (κ1) is 17.2. The SMILES string of the molecule is COc1ccc(C)cc1NC(=O)c1cnc(N2CCCCC2)nc1C. The molecule has 0 saturated carbocycles. The average Bonchev–Trinajstić information content (AvgIpc) is 2.62. The van der Waals surface area contributed by atoms with Gasteiger partial charge in [-0.3, -0.25) is 4.79 Å². The quantitative estimate of drug-likeness (QED) is 0.924. The van der Waals surface area contributed by atoms with Crippen LogP contribution in [0.4, 0.5) is 11.6 Å². The largest absolute Gasteiger partial charge is 0.495 e. The zero-order chi connectivity index (χ0) is 17.8. The fourth-order valence-electron chi connectivity index (χ4n) is 3.03. The van der Waals surface area contributed by atoms with Crippen molar-refractivity contribution in [2.24, 2.45) is 0 Å². The number of methoxy groups -OCH3 is 1. The first-order valence-corrected chi connectivity index (χ1v) is 8.63. The Morgan fingerprint density at radius 1 is 1.20 bits per heavy atom. The van der Waals surface area contributed by atoms with Crippen molar-refractivity contribution in [2.75, 3.05) is 30.4 Å². The van der Waals surface area contributed by atoms with E-state index in [4.69, 9.17) is 4.74 Å². The summed E-state index contributed by atoms with van der Waals surface area (Å²) in [5.41, 5.74) is 2.85. The second-order valence-electron chi connectivity index (χ2n) is 6.37. The molecule has 1 aliphatic rings. The van der Waals surface area contributed by atoms with Gasteiger partial charge in [0, 0.05) is 19.3 Å². The van der Waals surface area contributed by atoms with Crippen LogP contribution in [0.1, 0.15) is 40.9 Å². The highest BCUT2D eigenvalue weighted by atomic mass is 16.5. The van der Waals surface area contributed by atoms with Crippen LogP contribution >= 0.6 is 0 Å². The van der Waals surface area contributed by atoms with Gasteiger partial charge in [-0.1, -0.05) is 6.07 Å². The third-order valence-electron chi connectivity index (χ3n) is 4.45. The summed E-state index contributed by atoms with van der Waals surface area (Å²) in [6, 6.07) is 5.67. The number of piperidine rings is 1. The molecule has 1 amide bonds. The van der Waals surface area contributed by atoms with E-state index >= 15 is 0 Å². The van der Waals surface area contributed by atoms with Crippen LogP contribution in [0, 0.1) is 13.8 Å². The van der Waals surface area contributed by atoms with E-state index in [1.54, 1.807) is 13.3 Å². The van der Waals surface area contributed by atoms with E-state index in [9.17, 15) is 4.79 Å². The summed E-state index contributed by atoms with van der Waals surface area (Å²) in [5.74, 6) is 1.11. The van der Waals surface area contributed by atoms with Crippen molar-refractivity contribution in [3.8, 4) is 5.75 Å². The van der Waals surface area contributed by atoms with Crippen molar-refractivity contribution in [3.05, 3.63) is 41.2 Å². The number of nitrogens with zero attached hydrogens (tertiary/aromatic N) is 3. The first-order chi connectivity index (χ1) is 12.1. The molecule has 1 fully saturated rings. The van der Waals surface area contributed by atoms with Gasteiger partial charge in [0.2, 0.25) is 5.95 Å². The normalized spacial score (nSPS) is 14.3. The highest BCUT2D eigenvalue weighted by Gasteiger charge is 2.18. The van der Waals surface area contributed by atoms with Gasteiger partial charge in [-0.05, 0) is 50.8 Å². The Balaban J connectivity index is 1.79. The lowest BCUT2D eigenvalue weighted by atomic mass is 10.1. The molecule has 0 radical (unpaired) electrons. The molecule has 2 heterocycles. The number of amides is 1. The smallest absolute Gasteiger partial charge is 0.259 e. The maximum absolute atomic E-state index is 12.6. The van der Waals surface area contributed by atoms with E-state index in [1.165, 1.54) is 6.42 Å². The van der Waals surface area contributed by atoms with Crippen molar-refractivity contribution in [3.63, 3.8) is 0 Å². The van der Waals surface area contributed by atoms with E-state index in [2.05, 4.69) is 20.2 Å². The summed E-state index contributed by atoms with van der Waals surface area (Å²) in [4.78, 5) is 23.8. The third-order valence-corrected chi connectivity index (χ3v) is 4.45. The van der Waals surface area contributed by atoms with E-state index in [0.717, 1.165) is 31.5 Å². The number of ether oxygens (including phenoxy) is 1. The molecule has 6 nitrogen and oxygen atoms in total. The number of aromatic nitrogens is 2. The average molecular weight is 340 g/mol. The van der Waals surface area contributed by atoms with Crippen molar-refractivity contribution in [2.45, 2.75) is 33.1 Å². The van der Waals surface area contributed by atoms with Crippen LogP contribution in [-0.2, 0) is 0 Å². The molecule has 0 atom stereocenters. The fraction of sp³-hybridized carbons (Fsp3) is 0.421. The van der Waals surface area contributed by atoms with Gasteiger partial charge in [0.05, 0.1) is 24.1 Å². The molecule has 0 unspecified atom stereocenters. The number of hydrogen-bond donors (Lipinski definition) is 1. The summed E-state index contributed by atoms with van der Waals surface area (Å²) in [6.07, 6.45) is 5.20. The topological polar surface area (TPSA) is 67.3 Å². The zero-order valence-corrected chi connectivity index (χ0v) is 15.0. The monoisotopic (exact) mass is 340 g/mol. The minimum absolute atomic E-state index is 0.230. The Morgan fingerprint density at radius 2 is 1.96 bits per heavy atom. The van der Waals surface area contributed by atoms with Gasteiger partial charge in [0.25, 0.3) is 5.91 Å². The Bertz CT molecular complexity index is 770. The molecular weight excluding hydrogens is 316 g/mol. The Kier molecular flexibility index (Phi) is 5.16. The minimum Gasteiger partial charge on any atom is -0.495 e. The van der Waals surface area contributed by atoms with Gasteiger partial charge in [-0.2, -0.15) is 0 Å².